The molecule has 106 valence electrons. The molecule has 0 aliphatic carbocycles. The van der Waals surface area contributed by atoms with Gasteiger partial charge in [0.25, 0.3) is 5.91 Å². The van der Waals surface area contributed by atoms with E-state index in [2.05, 4.69) is 0 Å². The first-order valence-corrected chi connectivity index (χ1v) is 7.51. The van der Waals surface area contributed by atoms with Gasteiger partial charge >= 0.3 is 0 Å². The third-order valence-corrected chi connectivity index (χ3v) is 4.73. The van der Waals surface area contributed by atoms with Crippen LogP contribution in [-0.4, -0.2) is 13.0 Å². The number of carbonyl (C=O) groups is 1. The Hall–Kier alpha value is -2.33. The summed E-state index contributed by atoms with van der Waals surface area (Å²) in [7, 11) is 1.77. The van der Waals surface area contributed by atoms with E-state index < -0.39 is 0 Å². The smallest absolute Gasteiger partial charge is 0.270 e. The minimum Gasteiger partial charge on any atom is -0.397 e. The van der Waals surface area contributed by atoms with Gasteiger partial charge in [-0.15, -0.1) is 11.3 Å². The Morgan fingerprint density at radius 1 is 1.10 bits per heavy atom. The van der Waals surface area contributed by atoms with Gasteiger partial charge in [-0.05, 0) is 25.1 Å². The fourth-order valence-corrected chi connectivity index (χ4v) is 3.36. The highest BCUT2D eigenvalue weighted by Crippen LogP contribution is 2.34. The monoisotopic (exact) mass is 296 g/mol. The molecule has 2 aromatic carbocycles. The molecule has 0 saturated carbocycles. The third-order valence-electron chi connectivity index (χ3n) is 3.55. The van der Waals surface area contributed by atoms with Crippen LogP contribution in [0.1, 0.15) is 15.2 Å². The number of hydrogen-bond acceptors (Lipinski definition) is 3. The quantitative estimate of drug-likeness (QED) is 0.775. The molecule has 4 heteroatoms. The highest BCUT2D eigenvalue weighted by Gasteiger charge is 2.20. The number of anilines is 2. The molecule has 0 radical (unpaired) electrons. The number of nitrogen functional groups attached to an aromatic ring is 1. The highest BCUT2D eigenvalue weighted by molar-refractivity contribution is 7.21. The molecule has 0 unspecified atom stereocenters. The van der Waals surface area contributed by atoms with E-state index in [1.165, 1.54) is 16.9 Å². The van der Waals surface area contributed by atoms with E-state index in [0.717, 1.165) is 15.8 Å². The zero-order valence-corrected chi connectivity index (χ0v) is 12.8. The SMILES string of the molecule is Cc1ccc(N(C)C(=O)c2sc3ccccc3c2N)cc1. The van der Waals surface area contributed by atoms with Crippen molar-refractivity contribution in [3.8, 4) is 0 Å². The minimum atomic E-state index is -0.0717. The summed E-state index contributed by atoms with van der Waals surface area (Å²) in [6.45, 7) is 2.02. The van der Waals surface area contributed by atoms with Gasteiger partial charge in [0.2, 0.25) is 0 Å². The number of aryl methyl sites for hydroxylation is 1. The topological polar surface area (TPSA) is 46.3 Å². The molecule has 21 heavy (non-hydrogen) atoms. The molecule has 0 atom stereocenters. The van der Waals surface area contributed by atoms with Gasteiger partial charge in [-0.3, -0.25) is 4.79 Å². The second-order valence-electron chi connectivity index (χ2n) is 5.04. The van der Waals surface area contributed by atoms with Crippen LogP contribution in [0, 0.1) is 6.92 Å². The van der Waals surface area contributed by atoms with E-state index >= 15 is 0 Å². The standard InChI is InChI=1S/C17H16N2OS/c1-11-7-9-12(10-8-11)19(2)17(20)16-15(18)13-5-3-4-6-14(13)21-16/h3-10H,18H2,1-2H3. The van der Waals surface area contributed by atoms with E-state index in [1.807, 2.05) is 55.5 Å². The van der Waals surface area contributed by atoms with Crippen molar-refractivity contribution in [3.05, 3.63) is 59.0 Å². The summed E-state index contributed by atoms with van der Waals surface area (Å²) >= 11 is 1.44. The Bertz CT molecular complexity index is 805. The molecule has 0 aliphatic rings. The van der Waals surface area contributed by atoms with Gasteiger partial charge in [0.05, 0.1) is 5.69 Å². The summed E-state index contributed by atoms with van der Waals surface area (Å²) in [4.78, 5) is 14.9. The van der Waals surface area contributed by atoms with Gasteiger partial charge in [0.1, 0.15) is 4.88 Å². The van der Waals surface area contributed by atoms with E-state index in [9.17, 15) is 4.79 Å². The highest BCUT2D eigenvalue weighted by atomic mass is 32.1. The van der Waals surface area contributed by atoms with Crippen LogP contribution in [0.2, 0.25) is 0 Å². The maximum atomic E-state index is 12.7. The van der Waals surface area contributed by atoms with Crippen molar-refractivity contribution in [2.45, 2.75) is 6.92 Å². The molecule has 3 nitrogen and oxygen atoms in total. The summed E-state index contributed by atoms with van der Waals surface area (Å²) in [6, 6.07) is 15.7. The Morgan fingerprint density at radius 3 is 2.43 bits per heavy atom. The van der Waals surface area contributed by atoms with Crippen molar-refractivity contribution in [2.24, 2.45) is 0 Å². The maximum Gasteiger partial charge on any atom is 0.270 e. The zero-order chi connectivity index (χ0) is 15.0. The van der Waals surface area contributed by atoms with Gasteiger partial charge in [-0.2, -0.15) is 0 Å². The van der Waals surface area contributed by atoms with Gasteiger partial charge in [0, 0.05) is 22.8 Å². The molecule has 1 heterocycles. The van der Waals surface area contributed by atoms with E-state index in [0.29, 0.717) is 10.6 Å². The first-order chi connectivity index (χ1) is 10.1. The van der Waals surface area contributed by atoms with E-state index in [4.69, 9.17) is 5.73 Å². The molecular formula is C17H16N2OS. The molecule has 1 aromatic heterocycles. The van der Waals surface area contributed by atoms with Crippen molar-refractivity contribution in [1.82, 2.24) is 0 Å². The molecule has 2 N–H and O–H groups in total. The van der Waals surface area contributed by atoms with Gasteiger partial charge in [-0.1, -0.05) is 35.9 Å². The molecule has 0 fully saturated rings. The maximum absolute atomic E-state index is 12.7. The van der Waals surface area contributed by atoms with Crippen LogP contribution >= 0.6 is 11.3 Å². The van der Waals surface area contributed by atoms with Crippen LogP contribution in [0.15, 0.2) is 48.5 Å². The summed E-state index contributed by atoms with van der Waals surface area (Å²) in [5.74, 6) is -0.0717. The normalized spacial score (nSPS) is 10.8. The van der Waals surface area contributed by atoms with Crippen molar-refractivity contribution >= 4 is 38.7 Å². The van der Waals surface area contributed by atoms with Gasteiger partial charge < -0.3 is 10.6 Å². The number of amides is 1. The van der Waals surface area contributed by atoms with Crippen molar-refractivity contribution < 1.29 is 4.79 Å². The number of carbonyl (C=O) groups excluding carboxylic acids is 1. The summed E-state index contributed by atoms with van der Waals surface area (Å²) < 4.78 is 1.04. The molecule has 1 amide bonds. The van der Waals surface area contributed by atoms with Crippen molar-refractivity contribution in [1.29, 1.82) is 0 Å². The molecule has 0 saturated heterocycles. The second-order valence-corrected chi connectivity index (χ2v) is 6.09. The van der Waals surface area contributed by atoms with Gasteiger partial charge in [-0.25, -0.2) is 0 Å². The number of thiophene rings is 1. The first kappa shape index (κ1) is 13.6. The third kappa shape index (κ3) is 2.38. The van der Waals surface area contributed by atoms with Crippen LogP contribution in [0.3, 0.4) is 0 Å². The Balaban J connectivity index is 2.00. The van der Waals surface area contributed by atoms with Crippen LogP contribution in [0.25, 0.3) is 10.1 Å². The molecule has 0 bridgehead atoms. The number of benzene rings is 2. The predicted octanol–water partition coefficient (Wildman–Crippen LogP) is 4.07. The lowest BCUT2D eigenvalue weighted by atomic mass is 10.2. The number of hydrogen-bond donors (Lipinski definition) is 1. The zero-order valence-electron chi connectivity index (χ0n) is 12.0. The molecule has 3 rings (SSSR count). The lowest BCUT2D eigenvalue weighted by Crippen LogP contribution is -2.26. The molecule has 3 aromatic rings. The second kappa shape index (κ2) is 5.22. The fraction of sp³-hybridized carbons (Fsp3) is 0.118. The number of nitrogens with zero attached hydrogens (tertiary/aromatic N) is 1. The van der Waals surface area contributed by atoms with E-state index in [1.54, 1.807) is 11.9 Å². The Kier molecular flexibility index (Phi) is 3.39. The summed E-state index contributed by atoms with van der Waals surface area (Å²) in [5, 5.41) is 0.947. The fourth-order valence-electron chi connectivity index (χ4n) is 2.26. The number of nitrogens with two attached hydrogens (primary N) is 1. The first-order valence-electron chi connectivity index (χ1n) is 6.69. The van der Waals surface area contributed by atoms with Crippen molar-refractivity contribution in [3.63, 3.8) is 0 Å². The lowest BCUT2D eigenvalue weighted by Gasteiger charge is -2.17. The largest absolute Gasteiger partial charge is 0.397 e. The lowest BCUT2D eigenvalue weighted by molar-refractivity contribution is 0.0997. The van der Waals surface area contributed by atoms with Crippen LogP contribution in [-0.2, 0) is 0 Å². The average Bonchev–Trinajstić information content (AvgIpc) is 2.84. The predicted molar refractivity (Wildman–Crippen MR) is 90.1 cm³/mol. The summed E-state index contributed by atoms with van der Waals surface area (Å²) in [5.41, 5.74) is 8.74. The van der Waals surface area contributed by atoms with Gasteiger partial charge in [0.15, 0.2) is 0 Å². The molecule has 0 aliphatic heterocycles. The summed E-state index contributed by atoms with van der Waals surface area (Å²) in [6.07, 6.45) is 0. The average molecular weight is 296 g/mol. The Morgan fingerprint density at radius 2 is 1.76 bits per heavy atom. The molecule has 0 spiro atoms. The number of rotatable bonds is 2. The molecular weight excluding hydrogens is 280 g/mol. The minimum absolute atomic E-state index is 0.0717. The van der Waals surface area contributed by atoms with E-state index in [-0.39, 0.29) is 5.91 Å². The van der Waals surface area contributed by atoms with Crippen LogP contribution in [0.4, 0.5) is 11.4 Å². The Labute approximate surface area is 127 Å². The van der Waals surface area contributed by atoms with Crippen molar-refractivity contribution in [2.75, 3.05) is 17.7 Å². The van der Waals surface area contributed by atoms with Crippen LogP contribution in [0.5, 0.6) is 0 Å². The van der Waals surface area contributed by atoms with Crippen LogP contribution < -0.4 is 10.6 Å². The number of fused-ring (bicyclic) bond motifs is 1.